The lowest BCUT2D eigenvalue weighted by atomic mass is 9.97. The molecule has 0 spiro atoms. The molecule has 0 bridgehead atoms. The number of anilines is 2. The highest BCUT2D eigenvalue weighted by molar-refractivity contribution is 7.89. The van der Waals surface area contributed by atoms with Crippen molar-refractivity contribution in [3.63, 3.8) is 0 Å². The number of fused-ring (bicyclic) bond motifs is 1. The minimum atomic E-state index is -3.72. The lowest BCUT2D eigenvalue weighted by Crippen LogP contribution is -2.38. The van der Waals surface area contributed by atoms with Crippen molar-refractivity contribution in [1.82, 2.24) is 9.62 Å². The van der Waals surface area contributed by atoms with E-state index in [2.05, 4.69) is 20.3 Å². The Labute approximate surface area is 258 Å². The van der Waals surface area contributed by atoms with Crippen LogP contribution < -0.4 is 15.4 Å². The van der Waals surface area contributed by atoms with Gasteiger partial charge in [-0.15, -0.1) is 0 Å². The van der Waals surface area contributed by atoms with E-state index in [1.807, 2.05) is 61.5 Å². The van der Waals surface area contributed by atoms with E-state index in [1.165, 1.54) is 6.07 Å². The van der Waals surface area contributed by atoms with Crippen LogP contribution in [0, 0.1) is 11.8 Å². The molecule has 2 fully saturated rings. The monoisotopic (exact) mass is 614 g/mol. The van der Waals surface area contributed by atoms with E-state index in [0.29, 0.717) is 48.1 Å². The van der Waals surface area contributed by atoms with Crippen molar-refractivity contribution in [2.75, 3.05) is 36.9 Å². The lowest BCUT2D eigenvalue weighted by molar-refractivity contribution is -0.150. The number of benzene rings is 3. The van der Waals surface area contributed by atoms with Crippen molar-refractivity contribution >= 4 is 44.5 Å². The molecule has 3 aromatic rings. The van der Waals surface area contributed by atoms with Crippen molar-refractivity contribution in [2.45, 2.75) is 44.0 Å². The number of likely N-dealkylation sites (tertiary alicyclic amines) is 1. The molecule has 0 aromatic heterocycles. The minimum Gasteiger partial charge on any atom is -0.466 e. The van der Waals surface area contributed by atoms with Gasteiger partial charge in [-0.1, -0.05) is 42.5 Å². The number of carbonyl (C=O) groups is 2. The fourth-order valence-electron chi connectivity index (χ4n) is 5.83. The Morgan fingerprint density at radius 3 is 2.52 bits per heavy atom. The molecule has 230 valence electrons. The highest BCUT2D eigenvalue weighted by Crippen LogP contribution is 2.39. The summed E-state index contributed by atoms with van der Waals surface area (Å²) in [6.07, 6.45) is 3.90. The molecule has 1 atom stereocenters. The number of hydrogen-bond donors (Lipinski definition) is 3. The zero-order valence-corrected chi connectivity index (χ0v) is 25.7. The van der Waals surface area contributed by atoms with E-state index < -0.39 is 10.0 Å². The number of rotatable bonds is 11. The fourth-order valence-corrected chi connectivity index (χ4v) is 6.97. The van der Waals surface area contributed by atoms with Gasteiger partial charge in [0.15, 0.2) is 0 Å². The van der Waals surface area contributed by atoms with Crippen LogP contribution in [0.2, 0.25) is 0 Å². The average Bonchev–Trinajstić information content (AvgIpc) is 3.81. The van der Waals surface area contributed by atoms with E-state index in [1.54, 1.807) is 12.1 Å². The maximum absolute atomic E-state index is 13.4. The minimum absolute atomic E-state index is 0.0883. The van der Waals surface area contributed by atoms with Crippen LogP contribution in [0.5, 0.6) is 0 Å². The first-order valence-electron chi connectivity index (χ1n) is 15.3. The third-order valence-electron chi connectivity index (χ3n) is 8.37. The fraction of sp³-hybridized carbons (Fsp3) is 0.353. The molecule has 1 aliphatic carbocycles. The van der Waals surface area contributed by atoms with Crippen molar-refractivity contribution in [3.8, 4) is 0 Å². The summed E-state index contributed by atoms with van der Waals surface area (Å²) < 4.78 is 34.1. The van der Waals surface area contributed by atoms with Crippen molar-refractivity contribution in [2.24, 2.45) is 11.8 Å². The highest BCUT2D eigenvalue weighted by atomic mass is 32.2. The molecule has 0 radical (unpaired) electrons. The normalized spacial score (nSPS) is 19.7. The van der Waals surface area contributed by atoms with Gasteiger partial charge >= 0.3 is 5.97 Å². The summed E-state index contributed by atoms with van der Waals surface area (Å²) in [4.78, 5) is 28.1. The average molecular weight is 615 g/mol. The van der Waals surface area contributed by atoms with Gasteiger partial charge in [0, 0.05) is 36.6 Å². The predicted octanol–water partition coefficient (Wildman–Crippen LogP) is 5.08. The van der Waals surface area contributed by atoms with E-state index >= 15 is 0 Å². The quantitative estimate of drug-likeness (QED) is 0.204. The Hall–Kier alpha value is -3.99. The van der Waals surface area contributed by atoms with E-state index in [-0.39, 0.29) is 22.7 Å². The largest absolute Gasteiger partial charge is 0.466 e. The Bertz CT molecular complexity index is 1670. The third kappa shape index (κ3) is 6.88. The van der Waals surface area contributed by atoms with Crippen LogP contribution in [0.1, 0.15) is 49.3 Å². The third-order valence-corrected chi connectivity index (χ3v) is 9.79. The Balaban J connectivity index is 1.26. The number of sulfonamides is 1. The van der Waals surface area contributed by atoms with E-state index in [4.69, 9.17) is 4.74 Å². The van der Waals surface area contributed by atoms with Gasteiger partial charge < -0.3 is 15.4 Å². The van der Waals surface area contributed by atoms with Crippen molar-refractivity contribution in [3.05, 3.63) is 89.5 Å². The first kappa shape index (κ1) is 30.1. The smallest absolute Gasteiger partial charge is 0.310 e. The zero-order chi connectivity index (χ0) is 30.7. The van der Waals surface area contributed by atoms with Crippen molar-refractivity contribution in [1.29, 1.82) is 0 Å². The van der Waals surface area contributed by atoms with Gasteiger partial charge in [-0.05, 0) is 86.5 Å². The number of hydrogen-bond acceptors (Lipinski definition) is 7. The highest BCUT2D eigenvalue weighted by Gasteiger charge is 2.31. The first-order valence-corrected chi connectivity index (χ1v) is 16.8. The SMILES string of the molecule is CCOC(=O)C1CCCN(Cc2ccc(N/C(=C3\C(=O)Nc4ccc(S(=O)(=O)NCC5CC5)cc43)c3ccccc3)cc2)C1. The molecule has 2 heterocycles. The maximum atomic E-state index is 13.4. The molecule has 3 aliphatic rings. The van der Waals surface area contributed by atoms with E-state index in [9.17, 15) is 18.0 Å². The standard InChI is InChI=1S/C34H38N4O5S/c1-2-43-34(40)26-9-6-18-38(22-26)21-24-12-14-27(15-13-24)36-32(25-7-4-3-5-8-25)31-29-19-28(16-17-30(29)37-33(31)39)44(41,42)35-20-23-10-11-23/h3-5,7-8,12-17,19,23,26,35-36H,2,6,9-11,18,20-22H2,1H3,(H,37,39)/b32-31-. The molecule has 10 heteroatoms. The van der Waals surface area contributed by atoms with Crippen molar-refractivity contribution < 1.29 is 22.7 Å². The molecule has 9 nitrogen and oxygen atoms in total. The van der Waals surface area contributed by atoms with E-state index in [0.717, 1.165) is 55.6 Å². The Morgan fingerprint density at radius 2 is 1.80 bits per heavy atom. The topological polar surface area (TPSA) is 117 Å². The van der Waals surface area contributed by atoms with Gasteiger partial charge in [0.05, 0.1) is 28.7 Å². The molecule has 3 N–H and O–H groups in total. The van der Waals surface area contributed by atoms with Gasteiger partial charge in [0.2, 0.25) is 10.0 Å². The second kappa shape index (κ2) is 12.9. The zero-order valence-electron chi connectivity index (χ0n) is 24.8. The number of esters is 1. The van der Waals surface area contributed by atoms with Gasteiger partial charge in [0.1, 0.15) is 0 Å². The van der Waals surface area contributed by atoms with Gasteiger partial charge in [-0.25, -0.2) is 13.1 Å². The number of amides is 1. The number of ether oxygens (including phenoxy) is 1. The number of piperidine rings is 1. The number of carbonyl (C=O) groups excluding carboxylic acids is 2. The van der Waals surface area contributed by atoms with Crippen LogP contribution in [0.25, 0.3) is 11.3 Å². The second-order valence-electron chi connectivity index (χ2n) is 11.7. The molecular weight excluding hydrogens is 576 g/mol. The first-order chi connectivity index (χ1) is 21.3. The molecule has 1 saturated carbocycles. The van der Waals surface area contributed by atoms with Crippen LogP contribution in [0.15, 0.2) is 77.7 Å². The predicted molar refractivity (Wildman–Crippen MR) is 171 cm³/mol. The van der Waals surface area contributed by atoms with Gasteiger partial charge in [-0.3, -0.25) is 14.5 Å². The summed E-state index contributed by atoms with van der Waals surface area (Å²) in [6.45, 7) is 5.01. The molecule has 1 saturated heterocycles. The molecular formula is C34H38N4O5S. The Kier molecular flexibility index (Phi) is 8.83. The number of nitrogens with one attached hydrogen (secondary N) is 3. The summed E-state index contributed by atoms with van der Waals surface area (Å²) in [5.41, 5.74) is 4.78. The molecule has 2 aliphatic heterocycles. The summed E-state index contributed by atoms with van der Waals surface area (Å²) in [5.74, 6) is -0.103. The van der Waals surface area contributed by atoms with Crippen LogP contribution in [-0.2, 0) is 30.9 Å². The number of nitrogens with zero attached hydrogens (tertiary/aromatic N) is 1. The summed E-state index contributed by atoms with van der Waals surface area (Å²) in [5, 5.41) is 6.37. The molecule has 44 heavy (non-hydrogen) atoms. The van der Waals surface area contributed by atoms with Crippen LogP contribution in [0.3, 0.4) is 0 Å². The Morgan fingerprint density at radius 1 is 1.02 bits per heavy atom. The summed E-state index contributed by atoms with van der Waals surface area (Å²) in [7, 11) is -3.72. The molecule has 6 rings (SSSR count). The van der Waals surface area contributed by atoms with Crippen LogP contribution in [-0.4, -0.2) is 51.4 Å². The van der Waals surface area contributed by atoms with Gasteiger partial charge in [-0.2, -0.15) is 0 Å². The molecule has 1 amide bonds. The van der Waals surface area contributed by atoms with Crippen LogP contribution >= 0.6 is 0 Å². The second-order valence-corrected chi connectivity index (χ2v) is 13.5. The lowest BCUT2D eigenvalue weighted by Gasteiger charge is -2.31. The summed E-state index contributed by atoms with van der Waals surface area (Å²) >= 11 is 0. The maximum Gasteiger partial charge on any atom is 0.310 e. The molecule has 3 aromatic carbocycles. The van der Waals surface area contributed by atoms with Crippen LogP contribution in [0.4, 0.5) is 11.4 Å². The molecule has 1 unspecified atom stereocenters. The van der Waals surface area contributed by atoms with Gasteiger partial charge in [0.25, 0.3) is 5.91 Å². The summed E-state index contributed by atoms with van der Waals surface area (Å²) in [6, 6.07) is 22.3.